The average molecular weight is 375 g/mol. The van der Waals surface area contributed by atoms with Gasteiger partial charge in [-0.3, -0.25) is 4.57 Å². The molecule has 1 aromatic carbocycles. The molecule has 0 bridgehead atoms. The molecule has 0 radical (unpaired) electrons. The molecule has 0 atom stereocenters. The van der Waals surface area contributed by atoms with E-state index >= 15 is 0 Å². The summed E-state index contributed by atoms with van der Waals surface area (Å²) in [4.78, 5) is 7.10. The van der Waals surface area contributed by atoms with Gasteiger partial charge in [-0.15, -0.1) is 4.40 Å². The highest BCUT2D eigenvalue weighted by Gasteiger charge is 2.12. The lowest BCUT2D eigenvalue weighted by Gasteiger charge is -2.07. The van der Waals surface area contributed by atoms with Gasteiger partial charge in [-0.2, -0.15) is 13.4 Å². The van der Waals surface area contributed by atoms with Gasteiger partial charge in [-0.05, 0) is 45.0 Å². The van der Waals surface area contributed by atoms with Crippen molar-refractivity contribution in [2.75, 3.05) is 14.1 Å². The predicted octanol–water partition coefficient (Wildman–Crippen LogP) is 1.18. The summed E-state index contributed by atoms with van der Waals surface area (Å²) in [6.07, 6.45) is 0. The van der Waals surface area contributed by atoms with Crippen LogP contribution in [0, 0.1) is 0 Å². The molecule has 0 unspecified atom stereocenters. The van der Waals surface area contributed by atoms with Gasteiger partial charge in [0.1, 0.15) is 0 Å². The first-order chi connectivity index (χ1) is 10.3. The van der Waals surface area contributed by atoms with Gasteiger partial charge in [-0.1, -0.05) is 18.2 Å². The summed E-state index contributed by atoms with van der Waals surface area (Å²) in [6, 6.07) is 8.11. The molecule has 0 aliphatic heterocycles. The molecule has 0 saturated carbocycles. The molecule has 0 N–H and O–H groups in total. The maximum Gasteiger partial charge on any atom is 0.285 e. The molecule has 6 nitrogen and oxygen atoms in total. The van der Waals surface area contributed by atoms with Gasteiger partial charge in [0.05, 0.1) is 4.90 Å². The van der Waals surface area contributed by atoms with Crippen LogP contribution in [0.5, 0.6) is 0 Å². The molecule has 0 spiro atoms. The second kappa shape index (κ2) is 6.82. The van der Waals surface area contributed by atoms with Crippen molar-refractivity contribution < 1.29 is 8.42 Å². The highest BCUT2D eigenvalue weighted by molar-refractivity contribution is 7.90. The number of thiocarbonyl (C=S) groups is 1. The van der Waals surface area contributed by atoms with Crippen LogP contribution in [0.3, 0.4) is 0 Å². The number of sulfonamides is 1. The Hall–Kier alpha value is -1.36. The van der Waals surface area contributed by atoms with Gasteiger partial charge >= 0.3 is 0 Å². The minimum atomic E-state index is -3.73. The quantitative estimate of drug-likeness (QED) is 0.585. The van der Waals surface area contributed by atoms with Crippen molar-refractivity contribution in [2.24, 2.45) is 16.4 Å². The fourth-order valence-corrected chi connectivity index (χ4v) is 5.09. The monoisotopic (exact) mass is 374 g/mol. The van der Waals surface area contributed by atoms with E-state index in [0.29, 0.717) is 14.7 Å². The lowest BCUT2D eigenvalue weighted by molar-refractivity contribution is 0.595. The summed E-state index contributed by atoms with van der Waals surface area (Å²) < 4.78 is 30.0. The van der Waals surface area contributed by atoms with E-state index in [1.54, 1.807) is 48.8 Å². The third-order valence-corrected chi connectivity index (χ3v) is 6.69. The highest BCUT2D eigenvalue weighted by Crippen LogP contribution is 2.10. The van der Waals surface area contributed by atoms with Crippen molar-refractivity contribution in [1.29, 1.82) is 0 Å². The Bertz CT molecular complexity index is 904. The Balaban J connectivity index is 2.52. The number of rotatable bonds is 2. The normalized spacial score (nSPS) is 13.4. The van der Waals surface area contributed by atoms with E-state index in [1.165, 1.54) is 32.8 Å². The minimum absolute atomic E-state index is 0.163. The third-order valence-electron chi connectivity index (χ3n) is 2.58. The number of benzene rings is 1. The van der Waals surface area contributed by atoms with Crippen LogP contribution in [0.4, 0.5) is 0 Å². The molecule has 0 aliphatic carbocycles. The second-order valence-electron chi connectivity index (χ2n) is 4.46. The van der Waals surface area contributed by atoms with Crippen LogP contribution in [-0.4, -0.2) is 37.1 Å². The first-order valence-corrected chi connectivity index (χ1v) is 10.1. The number of hydrogen-bond acceptors (Lipinski definition) is 5. The van der Waals surface area contributed by atoms with Crippen molar-refractivity contribution >= 4 is 48.0 Å². The average Bonchev–Trinajstić information content (AvgIpc) is 2.80. The van der Waals surface area contributed by atoms with Crippen LogP contribution in [0.1, 0.15) is 0 Å². The van der Waals surface area contributed by atoms with Gasteiger partial charge in [-0.25, -0.2) is 0 Å². The van der Waals surface area contributed by atoms with Crippen LogP contribution < -0.4 is 9.60 Å². The molecule has 2 rings (SSSR count). The van der Waals surface area contributed by atoms with E-state index in [-0.39, 0.29) is 4.90 Å². The van der Waals surface area contributed by atoms with E-state index in [4.69, 9.17) is 12.2 Å². The predicted molar refractivity (Wildman–Crippen MR) is 92.2 cm³/mol. The molecule has 22 heavy (non-hydrogen) atoms. The molecule has 118 valence electrons. The lowest BCUT2D eigenvalue weighted by atomic mass is 10.4. The van der Waals surface area contributed by atoms with Crippen molar-refractivity contribution in [3.63, 3.8) is 0 Å². The maximum absolute atomic E-state index is 12.3. The molecular formula is C12H14N4O2S4. The van der Waals surface area contributed by atoms with Crippen LogP contribution in [-0.2, 0) is 17.1 Å². The van der Waals surface area contributed by atoms with Crippen molar-refractivity contribution in [2.45, 2.75) is 4.90 Å². The van der Waals surface area contributed by atoms with Crippen LogP contribution in [0.15, 0.2) is 44.6 Å². The Morgan fingerprint density at radius 3 is 2.36 bits per heavy atom. The van der Waals surface area contributed by atoms with Crippen LogP contribution in [0.25, 0.3) is 0 Å². The Morgan fingerprint density at radius 1 is 1.18 bits per heavy atom. The summed E-state index contributed by atoms with van der Waals surface area (Å²) in [5, 5.41) is 0.419. The molecule has 0 fully saturated rings. The molecule has 10 heteroatoms. The van der Waals surface area contributed by atoms with E-state index in [0.717, 1.165) is 0 Å². The van der Waals surface area contributed by atoms with Gasteiger partial charge in [0.15, 0.2) is 5.11 Å². The Morgan fingerprint density at radius 2 is 1.77 bits per heavy atom. The highest BCUT2D eigenvalue weighted by atomic mass is 32.9. The summed E-state index contributed by atoms with van der Waals surface area (Å²) in [5.74, 6) is 0. The largest absolute Gasteiger partial charge is 0.353 e. The molecule has 0 aliphatic rings. The second-order valence-corrected chi connectivity index (χ2v) is 8.49. The van der Waals surface area contributed by atoms with Crippen molar-refractivity contribution in [3.8, 4) is 0 Å². The van der Waals surface area contributed by atoms with Crippen molar-refractivity contribution in [1.82, 2.24) is 9.47 Å². The SMILES string of the molecule is CN(C)C(=S)/N=c1/ss/c(=N\S(=O)(=O)c2ccccc2)n1C. The minimum Gasteiger partial charge on any atom is -0.353 e. The number of aromatic nitrogens is 1. The van der Waals surface area contributed by atoms with E-state index in [1.807, 2.05) is 0 Å². The first kappa shape index (κ1) is 17.0. The van der Waals surface area contributed by atoms with E-state index in [2.05, 4.69) is 9.39 Å². The molecular weight excluding hydrogens is 360 g/mol. The van der Waals surface area contributed by atoms with Crippen LogP contribution >= 0.6 is 32.9 Å². The number of hydrogen-bond donors (Lipinski definition) is 0. The van der Waals surface area contributed by atoms with Gasteiger partial charge < -0.3 is 4.90 Å². The number of nitrogens with zero attached hydrogens (tertiary/aromatic N) is 4. The van der Waals surface area contributed by atoms with E-state index in [9.17, 15) is 8.42 Å². The Labute approximate surface area is 141 Å². The first-order valence-electron chi connectivity index (χ1n) is 6.09. The fourth-order valence-electron chi connectivity index (χ4n) is 1.37. The van der Waals surface area contributed by atoms with Crippen molar-refractivity contribution in [3.05, 3.63) is 39.9 Å². The molecule has 0 amide bonds. The third kappa shape index (κ3) is 3.88. The maximum atomic E-state index is 12.3. The standard InChI is InChI=1S/C12H14N4O2S4/c1-15(2)10(19)13-11-16(3)12(21-20-11)14-22(17,18)9-7-5-4-6-8-9/h4-8H,1-3H3/b13-11+,14-12-. The summed E-state index contributed by atoms with van der Waals surface area (Å²) in [5.41, 5.74) is 0. The summed E-state index contributed by atoms with van der Waals surface area (Å²) in [6.45, 7) is 0. The van der Waals surface area contributed by atoms with E-state index < -0.39 is 10.0 Å². The smallest absolute Gasteiger partial charge is 0.285 e. The summed E-state index contributed by atoms with van der Waals surface area (Å²) >= 11 is 5.12. The van der Waals surface area contributed by atoms with Gasteiger partial charge in [0, 0.05) is 21.1 Å². The zero-order valence-corrected chi connectivity index (χ0v) is 15.4. The zero-order chi connectivity index (χ0) is 16.3. The lowest BCUT2D eigenvalue weighted by Crippen LogP contribution is -2.27. The summed E-state index contributed by atoms with van der Waals surface area (Å²) in [7, 11) is 4.14. The molecule has 1 heterocycles. The molecule has 2 aromatic rings. The zero-order valence-electron chi connectivity index (χ0n) is 12.1. The molecule has 0 saturated heterocycles. The Kier molecular flexibility index (Phi) is 5.27. The molecule has 1 aromatic heterocycles. The topological polar surface area (TPSA) is 67.0 Å². The van der Waals surface area contributed by atoms with Gasteiger partial charge in [0.25, 0.3) is 10.0 Å². The fraction of sp³-hybridized carbons (Fsp3) is 0.250. The van der Waals surface area contributed by atoms with Gasteiger partial charge in [0.2, 0.25) is 9.60 Å². The van der Waals surface area contributed by atoms with Crippen LogP contribution in [0.2, 0.25) is 0 Å².